The van der Waals surface area contributed by atoms with Gasteiger partial charge in [-0.05, 0) is 48.6 Å². The van der Waals surface area contributed by atoms with Gasteiger partial charge in [-0.25, -0.2) is 4.98 Å². The molecule has 0 aliphatic heterocycles. The Morgan fingerprint density at radius 3 is 2.68 bits per heavy atom. The van der Waals surface area contributed by atoms with Crippen LogP contribution in [0.15, 0.2) is 54.7 Å². The predicted molar refractivity (Wildman–Crippen MR) is 134 cm³/mol. The quantitative estimate of drug-likeness (QED) is 0.283. The van der Waals surface area contributed by atoms with Crippen LogP contribution in [0.4, 0.5) is 13.2 Å². The van der Waals surface area contributed by atoms with Gasteiger partial charge in [-0.1, -0.05) is 30.3 Å². The second kappa shape index (κ2) is 10.0. The van der Waals surface area contributed by atoms with Crippen molar-refractivity contribution >= 4 is 34.1 Å². The molecule has 4 aromatic rings. The first-order chi connectivity index (χ1) is 17.7. The number of halogens is 3. The summed E-state index contributed by atoms with van der Waals surface area (Å²) in [6.07, 6.45) is -0.329. The van der Waals surface area contributed by atoms with E-state index < -0.39 is 23.6 Å². The first kappa shape index (κ1) is 25.0. The van der Waals surface area contributed by atoms with Crippen LogP contribution in [-0.2, 0) is 22.1 Å². The molecule has 2 aromatic carbocycles. The second-order valence-corrected chi connectivity index (χ2v) is 10.0. The van der Waals surface area contributed by atoms with E-state index in [1.165, 1.54) is 29.4 Å². The number of hydrogen-bond donors (Lipinski definition) is 1. The predicted octanol–water partition coefficient (Wildman–Crippen LogP) is 6.05. The maximum absolute atomic E-state index is 13.8. The summed E-state index contributed by atoms with van der Waals surface area (Å²) in [6, 6.07) is 12.7. The third-order valence-corrected chi connectivity index (χ3v) is 7.65. The standard InChI is InChI=1S/C27H24F3N3O3S/c1-36-22(34)15-33(12-11-18-14-31-21-8-3-2-7-20(18)21)26(35)23-24(37-25(32-23)16-9-10-16)17-5-4-6-19(13-17)27(28,29)30/h2-8,13-14,16,31H,9-12,15H2,1H3. The number of esters is 1. The fourth-order valence-corrected chi connectivity index (χ4v) is 5.46. The summed E-state index contributed by atoms with van der Waals surface area (Å²) in [6.45, 7) is -0.0931. The molecule has 5 rings (SSSR count). The molecular weight excluding hydrogens is 503 g/mol. The lowest BCUT2D eigenvalue weighted by Gasteiger charge is -2.21. The van der Waals surface area contributed by atoms with Crippen molar-refractivity contribution in [3.05, 3.63) is 76.6 Å². The molecule has 1 aliphatic carbocycles. The Balaban J connectivity index is 1.48. The smallest absolute Gasteiger partial charge is 0.416 e. The van der Waals surface area contributed by atoms with Gasteiger partial charge in [0.25, 0.3) is 5.91 Å². The molecule has 0 atom stereocenters. The maximum atomic E-state index is 13.8. The highest BCUT2D eigenvalue weighted by Crippen LogP contribution is 2.45. The fourth-order valence-electron chi connectivity index (χ4n) is 4.24. The minimum Gasteiger partial charge on any atom is -0.468 e. The number of H-pyrrole nitrogens is 1. The molecule has 1 N–H and O–H groups in total. The van der Waals surface area contributed by atoms with Crippen LogP contribution in [0.3, 0.4) is 0 Å². The van der Waals surface area contributed by atoms with Crippen LogP contribution in [0, 0.1) is 0 Å². The van der Waals surface area contributed by atoms with E-state index in [4.69, 9.17) is 4.74 Å². The Morgan fingerprint density at radius 2 is 1.95 bits per heavy atom. The lowest BCUT2D eigenvalue weighted by atomic mass is 10.1. The molecule has 0 unspecified atom stereocenters. The Labute approximate surface area is 215 Å². The van der Waals surface area contributed by atoms with Crippen LogP contribution in [0.2, 0.25) is 0 Å². The summed E-state index contributed by atoms with van der Waals surface area (Å²) in [4.78, 5) is 35.5. The summed E-state index contributed by atoms with van der Waals surface area (Å²) in [7, 11) is 1.24. The van der Waals surface area contributed by atoms with E-state index >= 15 is 0 Å². The molecule has 1 saturated carbocycles. The molecule has 0 radical (unpaired) electrons. The number of methoxy groups -OCH3 is 1. The van der Waals surface area contributed by atoms with Crippen molar-refractivity contribution in [2.24, 2.45) is 0 Å². The number of benzene rings is 2. The van der Waals surface area contributed by atoms with Gasteiger partial charge in [-0.15, -0.1) is 11.3 Å². The molecule has 1 aliphatic rings. The molecule has 192 valence electrons. The lowest BCUT2D eigenvalue weighted by Crippen LogP contribution is -2.38. The largest absolute Gasteiger partial charge is 0.468 e. The first-order valence-electron chi connectivity index (χ1n) is 11.8. The average molecular weight is 528 g/mol. The lowest BCUT2D eigenvalue weighted by molar-refractivity contribution is -0.141. The van der Waals surface area contributed by atoms with Crippen molar-refractivity contribution in [2.45, 2.75) is 31.4 Å². The van der Waals surface area contributed by atoms with E-state index in [1.807, 2.05) is 30.5 Å². The van der Waals surface area contributed by atoms with Crippen LogP contribution < -0.4 is 0 Å². The third kappa shape index (κ3) is 5.39. The number of aromatic nitrogens is 2. The van der Waals surface area contributed by atoms with Gasteiger partial charge >= 0.3 is 12.1 Å². The molecular formula is C27H24F3N3O3S. The molecule has 6 nitrogen and oxygen atoms in total. The number of nitrogens with one attached hydrogen (secondary N) is 1. The number of thiazole rings is 1. The molecule has 1 amide bonds. The van der Waals surface area contributed by atoms with Crippen molar-refractivity contribution < 1.29 is 27.5 Å². The van der Waals surface area contributed by atoms with Gasteiger partial charge in [-0.3, -0.25) is 9.59 Å². The number of hydrogen-bond acceptors (Lipinski definition) is 5. The number of amides is 1. The summed E-state index contributed by atoms with van der Waals surface area (Å²) < 4.78 is 45.0. The summed E-state index contributed by atoms with van der Waals surface area (Å²) in [5.41, 5.74) is 1.49. The Morgan fingerprint density at radius 1 is 1.16 bits per heavy atom. The highest BCUT2D eigenvalue weighted by Gasteiger charge is 2.34. The van der Waals surface area contributed by atoms with Gasteiger partial charge in [0.1, 0.15) is 12.2 Å². The van der Waals surface area contributed by atoms with Crippen LogP contribution in [0.5, 0.6) is 0 Å². The van der Waals surface area contributed by atoms with Gasteiger partial charge in [0.05, 0.1) is 22.6 Å². The molecule has 10 heteroatoms. The van der Waals surface area contributed by atoms with Gasteiger partial charge in [-0.2, -0.15) is 13.2 Å². The molecule has 0 spiro atoms. The number of carbonyl (C=O) groups is 2. The zero-order chi connectivity index (χ0) is 26.2. The van der Waals surface area contributed by atoms with Crippen molar-refractivity contribution in [3.63, 3.8) is 0 Å². The monoisotopic (exact) mass is 527 g/mol. The molecule has 37 heavy (non-hydrogen) atoms. The molecule has 0 bridgehead atoms. The Bertz CT molecular complexity index is 1460. The van der Waals surface area contributed by atoms with E-state index in [-0.39, 0.29) is 30.3 Å². The highest BCUT2D eigenvalue weighted by atomic mass is 32.1. The number of rotatable bonds is 8. The zero-order valence-corrected chi connectivity index (χ0v) is 20.8. The number of para-hydroxylation sites is 1. The summed E-state index contributed by atoms with van der Waals surface area (Å²) in [5.74, 6) is -0.900. The highest BCUT2D eigenvalue weighted by molar-refractivity contribution is 7.15. The molecule has 1 fully saturated rings. The van der Waals surface area contributed by atoms with Crippen molar-refractivity contribution in [1.82, 2.24) is 14.9 Å². The van der Waals surface area contributed by atoms with E-state index in [9.17, 15) is 22.8 Å². The molecule has 0 saturated heterocycles. The fraction of sp³-hybridized carbons (Fsp3) is 0.296. The number of nitrogens with zero attached hydrogens (tertiary/aromatic N) is 2. The number of carbonyl (C=O) groups excluding carboxylic acids is 2. The Hall–Kier alpha value is -3.66. The van der Waals surface area contributed by atoms with E-state index in [0.717, 1.165) is 46.4 Å². The zero-order valence-electron chi connectivity index (χ0n) is 20.0. The minimum absolute atomic E-state index is 0.0639. The van der Waals surface area contributed by atoms with Crippen LogP contribution >= 0.6 is 11.3 Å². The van der Waals surface area contributed by atoms with E-state index in [1.54, 1.807) is 6.07 Å². The van der Waals surface area contributed by atoms with Gasteiger partial charge < -0.3 is 14.6 Å². The van der Waals surface area contributed by atoms with Crippen molar-refractivity contribution in [3.8, 4) is 10.4 Å². The Kier molecular flexibility index (Phi) is 6.76. The number of fused-ring (bicyclic) bond motifs is 1. The van der Waals surface area contributed by atoms with Crippen molar-refractivity contribution in [2.75, 3.05) is 20.2 Å². The normalized spacial score (nSPS) is 13.6. The van der Waals surface area contributed by atoms with Crippen LogP contribution in [0.1, 0.15) is 45.4 Å². The van der Waals surface area contributed by atoms with Crippen molar-refractivity contribution in [1.29, 1.82) is 0 Å². The average Bonchev–Trinajstić information content (AvgIpc) is 3.51. The van der Waals surface area contributed by atoms with Crippen LogP contribution in [0.25, 0.3) is 21.3 Å². The number of aromatic amines is 1. The minimum atomic E-state index is -4.51. The maximum Gasteiger partial charge on any atom is 0.416 e. The number of alkyl halides is 3. The SMILES string of the molecule is COC(=O)CN(CCc1c[nH]c2ccccc12)C(=O)c1nc(C2CC2)sc1-c1cccc(C(F)(F)F)c1. The first-order valence-corrected chi connectivity index (χ1v) is 12.7. The summed E-state index contributed by atoms with van der Waals surface area (Å²) >= 11 is 1.24. The van der Waals surface area contributed by atoms with Gasteiger partial charge in [0.2, 0.25) is 0 Å². The van der Waals surface area contributed by atoms with Gasteiger partial charge in [0, 0.05) is 29.6 Å². The molecule has 2 aromatic heterocycles. The summed E-state index contributed by atoms with van der Waals surface area (Å²) in [5, 5.41) is 1.74. The third-order valence-electron chi connectivity index (χ3n) is 6.39. The molecule has 2 heterocycles. The topological polar surface area (TPSA) is 75.3 Å². The number of ether oxygens (including phenoxy) is 1. The van der Waals surface area contributed by atoms with E-state index in [0.29, 0.717) is 11.3 Å². The van der Waals surface area contributed by atoms with Crippen LogP contribution in [-0.4, -0.2) is 46.9 Å². The second-order valence-electron chi connectivity index (χ2n) is 9.00. The van der Waals surface area contributed by atoms with Gasteiger partial charge in [0.15, 0.2) is 0 Å². The van der Waals surface area contributed by atoms with E-state index in [2.05, 4.69) is 9.97 Å².